The summed E-state index contributed by atoms with van der Waals surface area (Å²) in [7, 11) is 0. The van der Waals surface area contributed by atoms with E-state index in [0.717, 1.165) is 31.4 Å². The Hall–Kier alpha value is -1.38. The molecular weight excluding hydrogens is 236 g/mol. The van der Waals surface area contributed by atoms with Crippen LogP contribution in [0, 0.1) is 0 Å². The molecule has 2 unspecified atom stereocenters. The molecule has 100 valence electrons. The average molecular weight is 256 g/mol. The molecule has 1 saturated heterocycles. The zero-order chi connectivity index (χ0) is 13.3. The van der Waals surface area contributed by atoms with Gasteiger partial charge in [0.1, 0.15) is 6.10 Å². The zero-order valence-corrected chi connectivity index (χ0v) is 11.3. The van der Waals surface area contributed by atoms with E-state index in [1.54, 1.807) is 0 Å². The van der Waals surface area contributed by atoms with Gasteiger partial charge in [-0.25, -0.2) is 0 Å². The maximum atomic E-state index is 10.6. The summed E-state index contributed by atoms with van der Waals surface area (Å²) in [6, 6.07) is 14.4. The van der Waals surface area contributed by atoms with Crippen LogP contribution in [0.2, 0.25) is 0 Å². The van der Waals surface area contributed by atoms with Crippen LogP contribution in [0.5, 0.6) is 0 Å². The van der Waals surface area contributed by atoms with Crippen LogP contribution in [0.25, 0.3) is 10.8 Å². The molecule has 0 bridgehead atoms. The van der Waals surface area contributed by atoms with Crippen LogP contribution < -0.4 is 0 Å². The Kier molecular flexibility index (Phi) is 3.29. The normalized spacial score (nSPS) is 25.4. The Morgan fingerprint density at radius 2 is 1.89 bits per heavy atom. The summed E-state index contributed by atoms with van der Waals surface area (Å²) in [4.78, 5) is 0. The van der Waals surface area contributed by atoms with E-state index in [0.29, 0.717) is 0 Å². The van der Waals surface area contributed by atoms with Crippen LogP contribution in [-0.2, 0) is 4.74 Å². The van der Waals surface area contributed by atoms with E-state index in [1.807, 2.05) is 25.1 Å². The SMILES string of the molecule is CC1(C(O)c2ccc3ccccc3c2)CCCCO1. The van der Waals surface area contributed by atoms with Crippen LogP contribution in [0.3, 0.4) is 0 Å². The quantitative estimate of drug-likeness (QED) is 0.884. The number of aliphatic hydroxyl groups excluding tert-OH is 1. The molecule has 0 amide bonds. The number of fused-ring (bicyclic) bond motifs is 1. The van der Waals surface area contributed by atoms with E-state index in [4.69, 9.17) is 4.74 Å². The molecule has 1 N–H and O–H groups in total. The first-order valence-corrected chi connectivity index (χ1v) is 7.00. The van der Waals surface area contributed by atoms with E-state index in [2.05, 4.69) is 24.3 Å². The van der Waals surface area contributed by atoms with Gasteiger partial charge in [0.15, 0.2) is 0 Å². The Bertz CT molecular complexity index is 570. The fraction of sp³-hybridized carbons (Fsp3) is 0.412. The Labute approximate surface area is 114 Å². The van der Waals surface area contributed by atoms with Crippen LogP contribution in [0.15, 0.2) is 42.5 Å². The van der Waals surface area contributed by atoms with E-state index in [1.165, 1.54) is 10.8 Å². The molecule has 1 aliphatic rings. The highest BCUT2D eigenvalue weighted by Crippen LogP contribution is 2.37. The van der Waals surface area contributed by atoms with Crippen LogP contribution in [-0.4, -0.2) is 17.3 Å². The molecule has 2 aromatic carbocycles. The number of aliphatic hydroxyl groups is 1. The molecule has 0 saturated carbocycles. The van der Waals surface area contributed by atoms with Gasteiger partial charge in [0.25, 0.3) is 0 Å². The van der Waals surface area contributed by atoms with Crippen LogP contribution in [0.1, 0.15) is 37.9 Å². The van der Waals surface area contributed by atoms with E-state index >= 15 is 0 Å². The highest BCUT2D eigenvalue weighted by molar-refractivity contribution is 5.83. The lowest BCUT2D eigenvalue weighted by atomic mass is 9.85. The Morgan fingerprint density at radius 3 is 2.63 bits per heavy atom. The molecule has 3 rings (SSSR count). The second-order valence-corrected chi connectivity index (χ2v) is 5.63. The lowest BCUT2D eigenvalue weighted by Crippen LogP contribution is -2.39. The molecule has 1 fully saturated rings. The largest absolute Gasteiger partial charge is 0.385 e. The van der Waals surface area contributed by atoms with Gasteiger partial charge < -0.3 is 9.84 Å². The predicted octanol–water partition coefficient (Wildman–Crippen LogP) is 3.83. The summed E-state index contributed by atoms with van der Waals surface area (Å²) in [5.41, 5.74) is 0.504. The lowest BCUT2D eigenvalue weighted by molar-refractivity contribution is -0.138. The molecule has 2 nitrogen and oxygen atoms in total. The van der Waals surface area contributed by atoms with Crippen molar-refractivity contribution in [2.24, 2.45) is 0 Å². The number of ether oxygens (including phenoxy) is 1. The third kappa shape index (κ3) is 2.38. The van der Waals surface area contributed by atoms with Gasteiger partial charge in [0.2, 0.25) is 0 Å². The number of rotatable bonds is 2. The first kappa shape index (κ1) is 12.6. The van der Waals surface area contributed by atoms with Crippen molar-refractivity contribution in [3.8, 4) is 0 Å². The Morgan fingerprint density at radius 1 is 1.11 bits per heavy atom. The van der Waals surface area contributed by atoms with Crippen molar-refractivity contribution in [3.63, 3.8) is 0 Å². The van der Waals surface area contributed by atoms with E-state index in [-0.39, 0.29) is 0 Å². The van der Waals surface area contributed by atoms with Crippen molar-refractivity contribution in [1.82, 2.24) is 0 Å². The standard InChI is InChI=1S/C17H20O2/c1-17(10-4-5-11-19-17)16(18)15-9-8-13-6-2-3-7-14(13)12-15/h2-3,6-9,12,16,18H,4-5,10-11H2,1H3. The summed E-state index contributed by atoms with van der Waals surface area (Å²) < 4.78 is 5.84. The average Bonchev–Trinajstić information content (AvgIpc) is 2.47. The van der Waals surface area contributed by atoms with Crippen LogP contribution in [0.4, 0.5) is 0 Å². The molecule has 2 atom stereocenters. The zero-order valence-electron chi connectivity index (χ0n) is 11.3. The molecule has 1 aliphatic heterocycles. The molecule has 0 aliphatic carbocycles. The number of hydrogen-bond donors (Lipinski definition) is 1. The van der Waals surface area contributed by atoms with Crippen molar-refractivity contribution in [2.45, 2.75) is 37.9 Å². The molecule has 2 aromatic rings. The molecule has 0 spiro atoms. The summed E-state index contributed by atoms with van der Waals surface area (Å²) in [6.45, 7) is 2.77. The van der Waals surface area contributed by atoms with E-state index in [9.17, 15) is 5.11 Å². The summed E-state index contributed by atoms with van der Waals surface area (Å²) in [5, 5.41) is 13.0. The summed E-state index contributed by atoms with van der Waals surface area (Å²) in [5.74, 6) is 0. The predicted molar refractivity (Wildman–Crippen MR) is 77.1 cm³/mol. The smallest absolute Gasteiger partial charge is 0.108 e. The second kappa shape index (κ2) is 4.95. The molecule has 0 radical (unpaired) electrons. The first-order valence-electron chi connectivity index (χ1n) is 7.00. The minimum atomic E-state index is -0.558. The third-order valence-corrected chi connectivity index (χ3v) is 4.17. The van der Waals surface area contributed by atoms with Crippen molar-refractivity contribution < 1.29 is 9.84 Å². The fourth-order valence-electron chi connectivity index (χ4n) is 2.90. The fourth-order valence-corrected chi connectivity index (χ4v) is 2.90. The second-order valence-electron chi connectivity index (χ2n) is 5.63. The van der Waals surface area contributed by atoms with Crippen molar-refractivity contribution in [3.05, 3.63) is 48.0 Å². The van der Waals surface area contributed by atoms with Crippen LogP contribution >= 0.6 is 0 Å². The first-order chi connectivity index (χ1) is 9.19. The summed E-state index contributed by atoms with van der Waals surface area (Å²) >= 11 is 0. The minimum Gasteiger partial charge on any atom is -0.385 e. The number of hydrogen-bond acceptors (Lipinski definition) is 2. The maximum Gasteiger partial charge on any atom is 0.108 e. The van der Waals surface area contributed by atoms with Gasteiger partial charge in [-0.15, -0.1) is 0 Å². The van der Waals surface area contributed by atoms with Crippen molar-refractivity contribution in [2.75, 3.05) is 6.61 Å². The van der Waals surface area contributed by atoms with Gasteiger partial charge in [-0.3, -0.25) is 0 Å². The van der Waals surface area contributed by atoms with Gasteiger partial charge in [-0.05, 0) is 48.6 Å². The molecule has 2 heteroatoms. The van der Waals surface area contributed by atoms with Gasteiger partial charge in [-0.1, -0.05) is 36.4 Å². The molecule has 1 heterocycles. The lowest BCUT2D eigenvalue weighted by Gasteiger charge is -2.38. The summed E-state index contributed by atoms with van der Waals surface area (Å²) in [6.07, 6.45) is 2.58. The molecule has 0 aromatic heterocycles. The van der Waals surface area contributed by atoms with E-state index < -0.39 is 11.7 Å². The van der Waals surface area contributed by atoms with Gasteiger partial charge >= 0.3 is 0 Å². The highest BCUT2D eigenvalue weighted by Gasteiger charge is 2.36. The van der Waals surface area contributed by atoms with Crippen molar-refractivity contribution >= 4 is 10.8 Å². The monoisotopic (exact) mass is 256 g/mol. The minimum absolute atomic E-state index is 0.444. The molecular formula is C17H20O2. The van der Waals surface area contributed by atoms with Gasteiger partial charge in [-0.2, -0.15) is 0 Å². The maximum absolute atomic E-state index is 10.6. The highest BCUT2D eigenvalue weighted by atomic mass is 16.5. The Balaban J connectivity index is 1.94. The number of benzene rings is 2. The van der Waals surface area contributed by atoms with Gasteiger partial charge in [0.05, 0.1) is 5.60 Å². The van der Waals surface area contributed by atoms with Gasteiger partial charge in [0, 0.05) is 6.61 Å². The third-order valence-electron chi connectivity index (χ3n) is 4.17. The van der Waals surface area contributed by atoms with Crippen molar-refractivity contribution in [1.29, 1.82) is 0 Å². The molecule has 19 heavy (non-hydrogen) atoms. The topological polar surface area (TPSA) is 29.5 Å².